The molecule has 1 aliphatic carbocycles. The molecule has 92 heavy (non-hydrogen) atoms. The number of aryl methyl sites for hydroxylation is 1. The lowest BCUT2D eigenvalue weighted by Gasteiger charge is -2.31. The number of aromatic nitrogens is 4. The van der Waals surface area contributed by atoms with Crippen molar-refractivity contribution in [2.45, 2.75) is 12.8 Å². The van der Waals surface area contributed by atoms with Gasteiger partial charge in [0.05, 0.1) is 28.6 Å². The highest BCUT2D eigenvalue weighted by molar-refractivity contribution is 6.14. The number of hydrogen-bond donors (Lipinski definition) is 0. The maximum Gasteiger partial charge on any atom is 0.267 e. The van der Waals surface area contributed by atoms with Gasteiger partial charge in [0.2, 0.25) is 5.52 Å². The molecule has 9 heterocycles. The Morgan fingerprint density at radius 2 is 1.04 bits per heavy atom. The van der Waals surface area contributed by atoms with Crippen LogP contribution in [0.3, 0.4) is 0 Å². The minimum atomic E-state index is 0.700. The zero-order chi connectivity index (χ0) is 60.1. The minimum absolute atomic E-state index is 0.700. The van der Waals surface area contributed by atoms with Crippen LogP contribution >= 0.6 is 0 Å². The Balaban J connectivity index is 0.742. The third-order valence-corrected chi connectivity index (χ3v) is 19.1. The quantitative estimate of drug-likeness (QED) is 0.147. The van der Waals surface area contributed by atoms with Gasteiger partial charge in [-0.05, 0) is 160 Å². The van der Waals surface area contributed by atoms with E-state index in [0.717, 1.165) is 180 Å². The second kappa shape index (κ2) is 19.6. The lowest BCUT2D eigenvalue weighted by atomic mass is 9.93. The van der Waals surface area contributed by atoms with Crippen LogP contribution in [0.25, 0.3) is 167 Å². The lowest BCUT2D eigenvalue weighted by molar-refractivity contribution is -0.479. The van der Waals surface area contributed by atoms with Gasteiger partial charge in [0.15, 0.2) is 22.9 Å². The molecule has 0 unspecified atom stereocenters. The van der Waals surface area contributed by atoms with Gasteiger partial charge in [-0.1, -0.05) is 152 Å². The van der Waals surface area contributed by atoms with Crippen LogP contribution in [0.1, 0.15) is 23.3 Å². The largest absolute Gasteiger partial charge is 0.456 e. The predicted molar refractivity (Wildman–Crippen MR) is 371 cm³/mol. The summed E-state index contributed by atoms with van der Waals surface area (Å²) in [5, 5.41) is 4.03. The summed E-state index contributed by atoms with van der Waals surface area (Å²) in [5.41, 5.74) is 29.7. The fourth-order valence-electron chi connectivity index (χ4n) is 14.8. The number of hydrogen-bond acceptors (Lipinski definition) is 7. The van der Waals surface area contributed by atoms with Crippen LogP contribution < -0.4 is 9.30 Å². The van der Waals surface area contributed by atoms with Crippen LogP contribution in [0.5, 0.6) is 0 Å². The zero-order valence-electron chi connectivity index (χ0n) is 49.3. The van der Waals surface area contributed by atoms with Gasteiger partial charge >= 0.3 is 0 Å². The molecule has 0 saturated carbocycles. The van der Waals surface area contributed by atoms with Crippen molar-refractivity contribution in [3.8, 4) is 61.3 Å². The summed E-state index contributed by atoms with van der Waals surface area (Å²) in [7, 11) is 0. The molecule has 0 radical (unpaired) electrons. The molecule has 10 aromatic carbocycles. The third-order valence-electron chi connectivity index (χ3n) is 19.1. The molecule has 9 heteroatoms. The molecule has 2 bridgehead atoms. The van der Waals surface area contributed by atoms with Crippen molar-refractivity contribution in [2.75, 3.05) is 4.90 Å². The SMILES string of the molecule is C1=C\c2oc3cccc4c3c2CC\C(=C/1)c1cc2oc3cccnc3c2cc1N4c1ccc(-c2ccccc2)cc1-c1ccc(-c2cnc3c(c2)oc2cc4c(cc23)n(-c2cccc(-c3ccc(-c5ccccc5)cc3)c2)c2cccc3oc5ccc[n+]4c5c32)cc1. The van der Waals surface area contributed by atoms with E-state index in [1.54, 1.807) is 0 Å². The number of nitrogens with zero attached hydrogens (tertiary/aromatic N) is 5. The van der Waals surface area contributed by atoms with Gasteiger partial charge < -0.3 is 27.1 Å². The topological polar surface area (TPSA) is 90.6 Å². The molecule has 0 N–H and O–H groups in total. The Bertz CT molecular complexity index is 6180. The summed E-state index contributed by atoms with van der Waals surface area (Å²) >= 11 is 0. The highest BCUT2D eigenvalue weighted by Gasteiger charge is 2.31. The molecule has 20 rings (SSSR count). The smallest absolute Gasteiger partial charge is 0.267 e. The first-order chi connectivity index (χ1) is 45.6. The summed E-state index contributed by atoms with van der Waals surface area (Å²) < 4.78 is 31.5. The molecule has 0 fully saturated rings. The number of fused-ring (bicyclic) bond motifs is 12. The maximum absolute atomic E-state index is 6.96. The van der Waals surface area contributed by atoms with Gasteiger partial charge in [-0.25, -0.2) is 0 Å². The standard InChI is InChI=1S/C83H50N5O4/c1-3-13-49(14-4-1)51-27-29-52(30-28-51)56-18-7-19-59(41-56)87-67-21-10-24-73-80(67)83-75(90-73)26-12-40-86(83)69-47-77-64(45-70(69)87)82-78(92-77)43-58(48-85-82)53-31-33-55(34-32-53)61-42-57(50-15-5-2-6-16-50)36-38-65(61)88-66-20-9-23-72-79(66)60-37-35-54(17-8-22-71(60)89-72)62-46-76-63(44-68(62)88)81-74(91-76)25-11-39-84-81/h1-34,36,38-48H,35,37H2/q+1/b22-8-,54-17+. The molecule has 8 aromatic heterocycles. The van der Waals surface area contributed by atoms with E-state index in [2.05, 4.69) is 269 Å². The van der Waals surface area contributed by atoms with Gasteiger partial charge in [-0.15, -0.1) is 0 Å². The molecular weight excluding hydrogens is 1130 g/mol. The van der Waals surface area contributed by atoms with Crippen molar-refractivity contribution in [1.82, 2.24) is 14.5 Å². The van der Waals surface area contributed by atoms with E-state index in [4.69, 9.17) is 27.6 Å². The lowest BCUT2D eigenvalue weighted by Crippen LogP contribution is -2.20. The van der Waals surface area contributed by atoms with Crippen molar-refractivity contribution in [1.29, 1.82) is 0 Å². The first-order valence-corrected chi connectivity index (χ1v) is 31.2. The predicted octanol–water partition coefficient (Wildman–Crippen LogP) is 21.8. The Morgan fingerprint density at radius 1 is 0.391 bits per heavy atom. The second-order valence-electron chi connectivity index (χ2n) is 24.2. The van der Waals surface area contributed by atoms with E-state index in [1.165, 1.54) is 22.3 Å². The van der Waals surface area contributed by atoms with Crippen LogP contribution in [-0.2, 0) is 6.42 Å². The van der Waals surface area contributed by atoms with E-state index in [9.17, 15) is 0 Å². The van der Waals surface area contributed by atoms with Crippen LogP contribution in [0.2, 0.25) is 0 Å². The van der Waals surface area contributed by atoms with Crippen LogP contribution in [0.15, 0.2) is 291 Å². The summed E-state index contributed by atoms with van der Waals surface area (Å²) in [4.78, 5) is 12.6. The molecule has 0 atom stereocenters. The molecular formula is C83H50N5O4+. The van der Waals surface area contributed by atoms with Crippen molar-refractivity contribution < 1.29 is 22.1 Å². The molecule has 0 amide bonds. The van der Waals surface area contributed by atoms with Crippen molar-refractivity contribution >= 4 is 122 Å². The average Bonchev–Trinajstić information content (AvgIpc) is 1.55. The molecule has 9 nitrogen and oxygen atoms in total. The fourth-order valence-corrected chi connectivity index (χ4v) is 14.8. The number of allylic oxidation sites excluding steroid dienone is 3. The number of benzene rings is 10. The van der Waals surface area contributed by atoms with Crippen molar-refractivity contribution in [3.05, 3.63) is 290 Å². The Labute approximate surface area is 525 Å². The summed E-state index contributed by atoms with van der Waals surface area (Å²) in [6, 6.07) is 86.5. The van der Waals surface area contributed by atoms with E-state index in [0.29, 0.717) is 5.58 Å². The molecule has 0 spiro atoms. The van der Waals surface area contributed by atoms with Crippen LogP contribution in [0.4, 0.5) is 17.1 Å². The monoisotopic (exact) mass is 1180 g/mol. The van der Waals surface area contributed by atoms with Crippen LogP contribution in [-0.4, -0.2) is 14.5 Å². The molecule has 0 saturated heterocycles. The molecule has 2 aliphatic rings. The Kier molecular flexibility index (Phi) is 10.8. The van der Waals surface area contributed by atoms with E-state index in [-0.39, 0.29) is 0 Å². The summed E-state index contributed by atoms with van der Waals surface area (Å²) in [6.45, 7) is 0. The zero-order valence-corrected chi connectivity index (χ0v) is 49.3. The third kappa shape index (κ3) is 7.69. The minimum Gasteiger partial charge on any atom is -0.456 e. The molecule has 18 aromatic rings. The van der Waals surface area contributed by atoms with Gasteiger partial charge in [0.25, 0.3) is 5.52 Å². The van der Waals surface area contributed by atoms with Crippen LogP contribution in [0, 0.1) is 0 Å². The fraction of sp³-hybridized carbons (Fsp3) is 0.0241. The first kappa shape index (κ1) is 50.6. The normalized spacial score (nSPS) is 14.0. The Hall–Kier alpha value is -12.3. The molecule has 430 valence electrons. The van der Waals surface area contributed by atoms with Gasteiger partial charge in [0, 0.05) is 62.6 Å². The van der Waals surface area contributed by atoms with Crippen molar-refractivity contribution in [2.24, 2.45) is 0 Å². The first-order valence-electron chi connectivity index (χ1n) is 31.2. The number of pyridine rings is 3. The van der Waals surface area contributed by atoms with Gasteiger partial charge in [-0.2, -0.15) is 4.40 Å². The second-order valence-corrected chi connectivity index (χ2v) is 24.2. The van der Waals surface area contributed by atoms with Gasteiger partial charge in [-0.3, -0.25) is 9.97 Å². The van der Waals surface area contributed by atoms with E-state index < -0.39 is 0 Å². The van der Waals surface area contributed by atoms with E-state index >= 15 is 0 Å². The van der Waals surface area contributed by atoms with E-state index in [1.807, 2.05) is 24.5 Å². The number of rotatable bonds is 7. The highest BCUT2D eigenvalue weighted by atomic mass is 16.3. The maximum atomic E-state index is 6.96. The highest BCUT2D eigenvalue weighted by Crippen LogP contribution is 2.52. The number of furan rings is 4. The van der Waals surface area contributed by atoms with Crippen molar-refractivity contribution in [3.63, 3.8) is 0 Å². The summed E-state index contributed by atoms with van der Waals surface area (Å²) in [5.74, 6) is 0.895. The summed E-state index contributed by atoms with van der Waals surface area (Å²) in [6.07, 6.45) is 14.1. The van der Waals surface area contributed by atoms with Gasteiger partial charge in [0.1, 0.15) is 50.0 Å². The Morgan fingerprint density at radius 3 is 1.89 bits per heavy atom. The number of anilines is 3. The molecule has 1 aliphatic heterocycles. The average molecular weight is 1180 g/mol.